The molecule has 0 aliphatic carbocycles. The van der Waals surface area contributed by atoms with Gasteiger partial charge < -0.3 is 9.26 Å². The molecule has 3 rings (SSSR count). The lowest BCUT2D eigenvalue weighted by Gasteiger charge is -1.99. The van der Waals surface area contributed by atoms with Crippen molar-refractivity contribution in [2.75, 3.05) is 13.2 Å². The molecule has 0 unspecified atom stereocenters. The third kappa shape index (κ3) is 3.55. The van der Waals surface area contributed by atoms with Crippen molar-refractivity contribution in [1.82, 2.24) is 10.1 Å². The highest BCUT2D eigenvalue weighted by molar-refractivity contribution is 5.95. The van der Waals surface area contributed by atoms with E-state index in [4.69, 9.17) is 9.26 Å². The number of carbonyl (C=O) groups is 1. The molecular formula is C16H18N2O3. The average molecular weight is 286 g/mol. The zero-order valence-electron chi connectivity index (χ0n) is 11.8. The third-order valence-electron chi connectivity index (χ3n) is 3.67. The topological polar surface area (TPSA) is 65.2 Å². The number of hydrogen-bond acceptors (Lipinski definition) is 5. The van der Waals surface area contributed by atoms with Crippen LogP contribution in [-0.4, -0.2) is 29.1 Å². The highest BCUT2D eigenvalue weighted by Gasteiger charge is 2.22. The van der Waals surface area contributed by atoms with Crippen LogP contribution in [0.2, 0.25) is 0 Å². The number of hydrogen-bond donors (Lipinski definition) is 0. The van der Waals surface area contributed by atoms with Gasteiger partial charge in [-0.25, -0.2) is 0 Å². The first-order valence-electron chi connectivity index (χ1n) is 7.31. The van der Waals surface area contributed by atoms with Crippen molar-refractivity contribution in [3.05, 3.63) is 47.6 Å². The van der Waals surface area contributed by atoms with Crippen LogP contribution in [-0.2, 0) is 11.2 Å². The van der Waals surface area contributed by atoms with E-state index in [0.29, 0.717) is 25.3 Å². The van der Waals surface area contributed by atoms with Crippen molar-refractivity contribution in [3.8, 4) is 0 Å². The summed E-state index contributed by atoms with van der Waals surface area (Å²) in [5, 5.41) is 4.00. The van der Waals surface area contributed by atoms with E-state index >= 15 is 0 Å². The molecule has 0 bridgehead atoms. The fourth-order valence-electron chi connectivity index (χ4n) is 2.44. The van der Waals surface area contributed by atoms with E-state index in [-0.39, 0.29) is 11.7 Å². The molecule has 0 N–H and O–H groups in total. The normalized spacial score (nSPS) is 18.0. The molecule has 2 aromatic rings. The van der Waals surface area contributed by atoms with Gasteiger partial charge in [0.1, 0.15) is 0 Å². The molecule has 1 saturated heterocycles. The lowest BCUT2D eigenvalue weighted by Crippen LogP contribution is -2.01. The minimum atomic E-state index is 0.152. The van der Waals surface area contributed by atoms with Crippen molar-refractivity contribution in [2.24, 2.45) is 0 Å². The van der Waals surface area contributed by atoms with Crippen LogP contribution in [0.1, 0.15) is 47.3 Å². The van der Waals surface area contributed by atoms with Crippen LogP contribution in [0.3, 0.4) is 0 Å². The Bertz CT molecular complexity index is 589. The summed E-state index contributed by atoms with van der Waals surface area (Å²) in [6, 6.07) is 9.34. The van der Waals surface area contributed by atoms with Crippen LogP contribution in [0.15, 0.2) is 34.9 Å². The van der Waals surface area contributed by atoms with Crippen molar-refractivity contribution in [2.45, 2.75) is 31.6 Å². The van der Waals surface area contributed by atoms with Crippen molar-refractivity contribution in [3.63, 3.8) is 0 Å². The fraction of sp³-hybridized carbons (Fsp3) is 0.438. The van der Waals surface area contributed by atoms with Crippen molar-refractivity contribution < 1.29 is 14.1 Å². The van der Waals surface area contributed by atoms with Gasteiger partial charge in [-0.3, -0.25) is 4.79 Å². The number of ether oxygens (including phenoxy) is 1. The van der Waals surface area contributed by atoms with E-state index < -0.39 is 0 Å². The third-order valence-corrected chi connectivity index (χ3v) is 3.67. The zero-order valence-corrected chi connectivity index (χ0v) is 11.8. The van der Waals surface area contributed by atoms with E-state index in [1.807, 2.05) is 30.3 Å². The Balaban J connectivity index is 1.48. The van der Waals surface area contributed by atoms with Gasteiger partial charge in [0.25, 0.3) is 0 Å². The first kappa shape index (κ1) is 13.9. The summed E-state index contributed by atoms with van der Waals surface area (Å²) in [5.74, 6) is 1.75. The maximum atomic E-state index is 12.0. The van der Waals surface area contributed by atoms with Crippen molar-refractivity contribution >= 4 is 5.78 Å². The number of rotatable bonds is 6. The summed E-state index contributed by atoms with van der Waals surface area (Å²) < 4.78 is 10.6. The standard InChI is InChI=1S/C16H18N2O3/c19-14(12-5-2-1-3-6-12)7-4-8-15-17-16(18-21-15)13-9-10-20-11-13/h1-3,5-6,13H,4,7-11H2/t13-/m1/s1. The maximum absolute atomic E-state index is 12.0. The summed E-state index contributed by atoms with van der Waals surface area (Å²) in [4.78, 5) is 16.4. The van der Waals surface area contributed by atoms with Gasteiger partial charge >= 0.3 is 0 Å². The Morgan fingerprint density at radius 2 is 2.14 bits per heavy atom. The molecule has 0 spiro atoms. The summed E-state index contributed by atoms with van der Waals surface area (Å²) in [6.45, 7) is 1.44. The molecule has 0 saturated carbocycles. The molecular weight excluding hydrogens is 268 g/mol. The van der Waals surface area contributed by atoms with E-state index in [9.17, 15) is 4.79 Å². The summed E-state index contributed by atoms with van der Waals surface area (Å²) >= 11 is 0. The molecule has 5 heteroatoms. The average Bonchev–Trinajstić information content (AvgIpc) is 3.19. The Morgan fingerprint density at radius 1 is 1.29 bits per heavy atom. The lowest BCUT2D eigenvalue weighted by atomic mass is 10.1. The molecule has 1 aromatic heterocycles. The Hall–Kier alpha value is -2.01. The van der Waals surface area contributed by atoms with Gasteiger partial charge in [0.15, 0.2) is 11.6 Å². The van der Waals surface area contributed by atoms with E-state index in [2.05, 4.69) is 10.1 Å². The predicted molar refractivity (Wildman–Crippen MR) is 76.2 cm³/mol. The second-order valence-electron chi connectivity index (χ2n) is 5.25. The molecule has 2 heterocycles. The van der Waals surface area contributed by atoms with Crippen LogP contribution in [0.4, 0.5) is 0 Å². The highest BCUT2D eigenvalue weighted by atomic mass is 16.5. The number of benzene rings is 1. The maximum Gasteiger partial charge on any atom is 0.226 e. The first-order valence-corrected chi connectivity index (χ1v) is 7.31. The van der Waals surface area contributed by atoms with Crippen LogP contribution in [0.5, 0.6) is 0 Å². The first-order chi connectivity index (χ1) is 10.3. The number of ketones is 1. The minimum Gasteiger partial charge on any atom is -0.381 e. The van der Waals surface area contributed by atoms with Gasteiger partial charge in [0.05, 0.1) is 6.61 Å². The molecule has 1 atom stereocenters. The van der Waals surface area contributed by atoms with Gasteiger partial charge in [-0.15, -0.1) is 0 Å². The van der Waals surface area contributed by atoms with Crippen LogP contribution in [0, 0.1) is 0 Å². The molecule has 0 radical (unpaired) electrons. The van der Waals surface area contributed by atoms with E-state index in [1.165, 1.54) is 0 Å². The fourth-order valence-corrected chi connectivity index (χ4v) is 2.44. The van der Waals surface area contributed by atoms with Gasteiger partial charge in [-0.1, -0.05) is 35.5 Å². The van der Waals surface area contributed by atoms with Gasteiger partial charge in [0.2, 0.25) is 5.89 Å². The Labute approximate surface area is 123 Å². The van der Waals surface area contributed by atoms with Gasteiger partial charge in [-0.05, 0) is 12.8 Å². The number of aromatic nitrogens is 2. The number of aryl methyl sites for hydroxylation is 1. The number of Topliss-reactive ketones (excluding diaryl/α,β-unsaturated/α-hetero) is 1. The summed E-state index contributed by atoms with van der Waals surface area (Å²) in [5.41, 5.74) is 0.756. The monoisotopic (exact) mass is 286 g/mol. The van der Waals surface area contributed by atoms with Crippen LogP contribution < -0.4 is 0 Å². The predicted octanol–water partition coefficient (Wildman–Crippen LogP) is 2.78. The lowest BCUT2D eigenvalue weighted by molar-refractivity contribution is 0.0979. The molecule has 1 aliphatic rings. The Kier molecular flexibility index (Phi) is 4.40. The molecule has 1 fully saturated rings. The molecule has 5 nitrogen and oxygen atoms in total. The van der Waals surface area contributed by atoms with Crippen LogP contribution >= 0.6 is 0 Å². The zero-order chi connectivity index (χ0) is 14.5. The van der Waals surface area contributed by atoms with E-state index in [0.717, 1.165) is 30.8 Å². The van der Waals surface area contributed by atoms with E-state index in [1.54, 1.807) is 0 Å². The quantitative estimate of drug-likeness (QED) is 0.764. The SMILES string of the molecule is O=C(CCCc1nc([C@@H]2CCOC2)no1)c1ccccc1. The second-order valence-corrected chi connectivity index (χ2v) is 5.25. The minimum absolute atomic E-state index is 0.152. The largest absolute Gasteiger partial charge is 0.381 e. The van der Waals surface area contributed by atoms with Crippen molar-refractivity contribution in [1.29, 1.82) is 0 Å². The van der Waals surface area contributed by atoms with Gasteiger partial charge in [0, 0.05) is 30.9 Å². The number of carbonyl (C=O) groups excluding carboxylic acids is 1. The molecule has 1 aliphatic heterocycles. The molecule has 110 valence electrons. The summed E-state index contributed by atoms with van der Waals surface area (Å²) in [7, 11) is 0. The van der Waals surface area contributed by atoms with Crippen LogP contribution in [0.25, 0.3) is 0 Å². The Morgan fingerprint density at radius 3 is 2.90 bits per heavy atom. The highest BCUT2D eigenvalue weighted by Crippen LogP contribution is 2.22. The number of nitrogens with zero attached hydrogens (tertiary/aromatic N) is 2. The summed E-state index contributed by atoms with van der Waals surface area (Å²) in [6.07, 6.45) is 2.80. The second kappa shape index (κ2) is 6.63. The van der Waals surface area contributed by atoms with Gasteiger partial charge in [-0.2, -0.15) is 4.98 Å². The smallest absolute Gasteiger partial charge is 0.226 e. The molecule has 1 aromatic carbocycles. The molecule has 21 heavy (non-hydrogen) atoms. The molecule has 0 amide bonds.